The fourth-order valence-corrected chi connectivity index (χ4v) is 2.13. The van der Waals surface area contributed by atoms with E-state index in [9.17, 15) is 13.2 Å². The van der Waals surface area contributed by atoms with Crippen LogP contribution in [0.25, 0.3) is 0 Å². The molecule has 0 aromatic rings. The van der Waals surface area contributed by atoms with E-state index in [1.807, 2.05) is 20.8 Å². The van der Waals surface area contributed by atoms with Crippen LogP contribution in [0.3, 0.4) is 0 Å². The van der Waals surface area contributed by atoms with E-state index in [0.717, 1.165) is 6.26 Å². The van der Waals surface area contributed by atoms with E-state index in [0.29, 0.717) is 12.3 Å². The van der Waals surface area contributed by atoms with Gasteiger partial charge in [0, 0.05) is 18.3 Å². The molecular formula is C11H25ClN2O3S. The minimum absolute atomic E-state index is 0. The van der Waals surface area contributed by atoms with Crippen molar-refractivity contribution in [2.45, 2.75) is 44.9 Å². The number of carbonyl (C=O) groups is 1. The maximum Gasteiger partial charge on any atom is 0.238 e. The predicted octanol–water partition coefficient (Wildman–Crippen LogP) is 0.721. The zero-order valence-corrected chi connectivity index (χ0v) is 13.3. The van der Waals surface area contributed by atoms with E-state index in [4.69, 9.17) is 5.73 Å². The Morgan fingerprint density at radius 2 is 1.78 bits per heavy atom. The Morgan fingerprint density at radius 3 is 2.06 bits per heavy atom. The Hall–Kier alpha value is -0.330. The van der Waals surface area contributed by atoms with E-state index in [2.05, 4.69) is 5.32 Å². The summed E-state index contributed by atoms with van der Waals surface area (Å²) in [7, 11) is -3.36. The summed E-state index contributed by atoms with van der Waals surface area (Å²) >= 11 is 0. The van der Waals surface area contributed by atoms with Gasteiger partial charge in [0.1, 0.15) is 5.25 Å². The average molecular weight is 301 g/mol. The first-order valence-corrected chi connectivity index (χ1v) is 7.68. The Labute approximate surface area is 116 Å². The van der Waals surface area contributed by atoms with Gasteiger partial charge >= 0.3 is 0 Å². The van der Waals surface area contributed by atoms with Gasteiger partial charge in [-0.1, -0.05) is 13.8 Å². The molecule has 110 valence electrons. The van der Waals surface area contributed by atoms with Gasteiger partial charge in [0.05, 0.1) is 0 Å². The summed E-state index contributed by atoms with van der Waals surface area (Å²) in [6, 6.07) is 0. The number of carbonyl (C=O) groups excluding carboxylic acids is 1. The molecular weight excluding hydrogens is 276 g/mol. The lowest BCUT2D eigenvalue weighted by Gasteiger charge is -2.32. The fraction of sp³-hybridized carbons (Fsp3) is 0.909. The number of nitrogens with two attached hydrogens (primary N) is 1. The number of hydrogen-bond donors (Lipinski definition) is 2. The van der Waals surface area contributed by atoms with Crippen molar-refractivity contribution in [1.29, 1.82) is 0 Å². The van der Waals surface area contributed by atoms with Crippen molar-refractivity contribution < 1.29 is 13.2 Å². The average Bonchev–Trinajstić information content (AvgIpc) is 2.13. The van der Waals surface area contributed by atoms with Crippen molar-refractivity contribution in [3.8, 4) is 0 Å². The summed E-state index contributed by atoms with van der Waals surface area (Å²) in [4.78, 5) is 11.8. The molecule has 2 unspecified atom stereocenters. The molecule has 0 radical (unpaired) electrons. The van der Waals surface area contributed by atoms with Gasteiger partial charge in [0.2, 0.25) is 5.91 Å². The number of hydrogen-bond acceptors (Lipinski definition) is 4. The molecule has 0 aliphatic rings. The van der Waals surface area contributed by atoms with Crippen LogP contribution in [-0.4, -0.2) is 37.9 Å². The largest absolute Gasteiger partial charge is 0.349 e. The van der Waals surface area contributed by atoms with Crippen LogP contribution >= 0.6 is 12.4 Å². The second-order valence-corrected chi connectivity index (χ2v) is 7.69. The SMILES string of the molecule is CC(C)CC(C)(CN)NC(=O)C(C)S(C)(=O)=O.Cl. The van der Waals surface area contributed by atoms with Crippen molar-refractivity contribution in [3.63, 3.8) is 0 Å². The van der Waals surface area contributed by atoms with Crippen molar-refractivity contribution in [3.05, 3.63) is 0 Å². The highest BCUT2D eigenvalue weighted by molar-refractivity contribution is 7.92. The number of sulfone groups is 1. The first-order valence-electron chi connectivity index (χ1n) is 5.73. The minimum Gasteiger partial charge on any atom is -0.349 e. The third-order valence-electron chi connectivity index (χ3n) is 2.75. The highest BCUT2D eigenvalue weighted by atomic mass is 35.5. The highest BCUT2D eigenvalue weighted by Gasteiger charge is 2.31. The van der Waals surface area contributed by atoms with Crippen LogP contribution in [0.15, 0.2) is 0 Å². The van der Waals surface area contributed by atoms with Gasteiger partial charge in [-0.2, -0.15) is 0 Å². The third-order valence-corrected chi connectivity index (χ3v) is 4.24. The molecule has 0 bridgehead atoms. The monoisotopic (exact) mass is 300 g/mol. The molecule has 0 saturated carbocycles. The van der Waals surface area contributed by atoms with E-state index in [1.54, 1.807) is 0 Å². The predicted molar refractivity (Wildman–Crippen MR) is 76.6 cm³/mol. The molecule has 0 aromatic heterocycles. The Balaban J connectivity index is 0. The molecule has 0 aromatic carbocycles. The fourth-order valence-electron chi connectivity index (χ4n) is 1.68. The van der Waals surface area contributed by atoms with E-state index < -0.39 is 26.5 Å². The van der Waals surface area contributed by atoms with Gasteiger partial charge in [-0.05, 0) is 26.2 Å². The second-order valence-electron chi connectivity index (χ2n) is 5.32. The van der Waals surface area contributed by atoms with Gasteiger partial charge in [0.25, 0.3) is 0 Å². The summed E-state index contributed by atoms with van der Waals surface area (Å²) < 4.78 is 22.6. The van der Waals surface area contributed by atoms with Crippen LogP contribution in [-0.2, 0) is 14.6 Å². The first-order chi connectivity index (χ1) is 7.52. The normalized spacial score (nSPS) is 16.6. The molecule has 3 N–H and O–H groups in total. The Morgan fingerprint density at radius 1 is 1.33 bits per heavy atom. The lowest BCUT2D eigenvalue weighted by atomic mass is 9.90. The summed E-state index contributed by atoms with van der Waals surface area (Å²) in [5.74, 6) is -0.113. The van der Waals surface area contributed by atoms with Crippen LogP contribution in [0, 0.1) is 5.92 Å². The van der Waals surface area contributed by atoms with E-state index in [1.165, 1.54) is 6.92 Å². The van der Waals surface area contributed by atoms with Crippen molar-refractivity contribution in [2.75, 3.05) is 12.8 Å². The molecule has 0 fully saturated rings. The quantitative estimate of drug-likeness (QED) is 0.756. The number of rotatable bonds is 6. The molecule has 5 nitrogen and oxygen atoms in total. The molecule has 18 heavy (non-hydrogen) atoms. The summed E-state index contributed by atoms with van der Waals surface area (Å²) in [6.45, 7) is 7.56. The van der Waals surface area contributed by atoms with Gasteiger partial charge in [-0.25, -0.2) is 8.42 Å². The van der Waals surface area contributed by atoms with E-state index in [-0.39, 0.29) is 19.0 Å². The molecule has 0 heterocycles. The Bertz CT molecular complexity index is 370. The van der Waals surface area contributed by atoms with Crippen LogP contribution < -0.4 is 11.1 Å². The molecule has 0 rings (SSSR count). The zero-order chi connectivity index (χ0) is 13.9. The summed E-state index contributed by atoms with van der Waals surface area (Å²) in [5.41, 5.74) is 5.10. The second kappa shape index (κ2) is 7.31. The zero-order valence-electron chi connectivity index (χ0n) is 11.7. The molecule has 1 amide bonds. The molecule has 7 heteroatoms. The summed E-state index contributed by atoms with van der Waals surface area (Å²) in [6.07, 6.45) is 1.77. The number of nitrogens with one attached hydrogen (secondary N) is 1. The van der Waals surface area contributed by atoms with Gasteiger partial charge in [-0.3, -0.25) is 4.79 Å². The van der Waals surface area contributed by atoms with Crippen LogP contribution in [0.1, 0.15) is 34.1 Å². The van der Waals surface area contributed by atoms with Crippen LogP contribution in [0.4, 0.5) is 0 Å². The molecule has 0 aliphatic heterocycles. The van der Waals surface area contributed by atoms with Gasteiger partial charge < -0.3 is 11.1 Å². The lowest BCUT2D eigenvalue weighted by molar-refractivity contribution is -0.122. The molecule has 0 aliphatic carbocycles. The lowest BCUT2D eigenvalue weighted by Crippen LogP contribution is -2.55. The topological polar surface area (TPSA) is 89.3 Å². The standard InChI is InChI=1S/C11H24N2O3S.ClH/c1-8(2)6-11(4,7-12)13-10(14)9(3)17(5,15)16;/h8-9H,6-7,12H2,1-5H3,(H,13,14);1H. The maximum absolute atomic E-state index is 11.8. The van der Waals surface area contributed by atoms with Crippen LogP contribution in [0.5, 0.6) is 0 Å². The first kappa shape index (κ1) is 20.0. The molecule has 0 saturated heterocycles. The third kappa shape index (κ3) is 6.56. The van der Waals surface area contributed by atoms with Gasteiger partial charge in [-0.15, -0.1) is 12.4 Å². The minimum atomic E-state index is -3.36. The molecule has 0 spiro atoms. The smallest absolute Gasteiger partial charge is 0.238 e. The van der Waals surface area contributed by atoms with Crippen molar-refractivity contribution >= 4 is 28.2 Å². The number of amides is 1. The highest BCUT2D eigenvalue weighted by Crippen LogP contribution is 2.16. The number of halogens is 1. The molecule has 2 atom stereocenters. The van der Waals surface area contributed by atoms with Crippen molar-refractivity contribution in [2.24, 2.45) is 11.7 Å². The Kier molecular flexibility index (Phi) is 8.12. The maximum atomic E-state index is 11.8. The van der Waals surface area contributed by atoms with Gasteiger partial charge in [0.15, 0.2) is 9.84 Å². The van der Waals surface area contributed by atoms with E-state index >= 15 is 0 Å². The van der Waals surface area contributed by atoms with Crippen LogP contribution in [0.2, 0.25) is 0 Å². The summed E-state index contributed by atoms with van der Waals surface area (Å²) in [5, 5.41) is 1.70. The van der Waals surface area contributed by atoms with Crippen molar-refractivity contribution in [1.82, 2.24) is 5.32 Å².